The standard InChI is InChI=1S/C14H25N3O2.2ClH/c18-14(13-10-19-8-5-15-13)16-12-3-6-17(7-4-12)9-11-1-2-11;;/h11-13,15H,1-10H2,(H,16,18);2*1H. The monoisotopic (exact) mass is 339 g/mol. The zero-order valence-corrected chi connectivity index (χ0v) is 14.0. The number of carbonyl (C=O) groups excluding carboxylic acids is 1. The number of rotatable bonds is 4. The Labute approximate surface area is 139 Å². The van der Waals surface area contributed by atoms with Crippen molar-refractivity contribution in [2.24, 2.45) is 5.92 Å². The number of ether oxygens (including phenoxy) is 1. The molecule has 0 radical (unpaired) electrons. The molecule has 1 atom stereocenters. The lowest BCUT2D eigenvalue weighted by Gasteiger charge is -2.33. The number of halogens is 2. The molecule has 0 bridgehead atoms. The molecule has 2 saturated heterocycles. The molecule has 0 aromatic heterocycles. The first-order chi connectivity index (χ1) is 9.31. The van der Waals surface area contributed by atoms with E-state index in [1.165, 1.54) is 19.4 Å². The zero-order chi connectivity index (χ0) is 13.1. The largest absolute Gasteiger partial charge is 0.378 e. The Balaban J connectivity index is 0.00000110. The second-order valence-corrected chi connectivity index (χ2v) is 6.11. The summed E-state index contributed by atoms with van der Waals surface area (Å²) >= 11 is 0. The number of morpholine rings is 1. The summed E-state index contributed by atoms with van der Waals surface area (Å²) in [5.41, 5.74) is 0. The summed E-state index contributed by atoms with van der Waals surface area (Å²) in [6.07, 6.45) is 5.02. The van der Waals surface area contributed by atoms with Crippen molar-refractivity contribution in [3.05, 3.63) is 0 Å². The van der Waals surface area contributed by atoms with E-state index in [2.05, 4.69) is 15.5 Å². The molecule has 1 unspecified atom stereocenters. The maximum absolute atomic E-state index is 12.1. The van der Waals surface area contributed by atoms with Crippen LogP contribution in [-0.2, 0) is 9.53 Å². The van der Waals surface area contributed by atoms with Gasteiger partial charge in [0.05, 0.1) is 13.2 Å². The number of likely N-dealkylation sites (tertiary alicyclic amines) is 1. The quantitative estimate of drug-likeness (QED) is 0.795. The summed E-state index contributed by atoms with van der Waals surface area (Å²) in [7, 11) is 0. The zero-order valence-electron chi connectivity index (χ0n) is 12.4. The Kier molecular flexibility index (Phi) is 8.27. The van der Waals surface area contributed by atoms with Gasteiger partial charge in [0.2, 0.25) is 5.91 Å². The van der Waals surface area contributed by atoms with Crippen molar-refractivity contribution >= 4 is 30.7 Å². The number of carbonyl (C=O) groups is 1. The highest BCUT2D eigenvalue weighted by atomic mass is 35.5. The molecule has 124 valence electrons. The number of hydrogen-bond donors (Lipinski definition) is 2. The van der Waals surface area contributed by atoms with Crippen LogP contribution in [0, 0.1) is 5.92 Å². The van der Waals surface area contributed by atoms with Gasteiger partial charge in [-0.3, -0.25) is 4.79 Å². The Morgan fingerprint density at radius 1 is 1.19 bits per heavy atom. The molecule has 0 aromatic rings. The number of hydrogen-bond acceptors (Lipinski definition) is 4. The van der Waals surface area contributed by atoms with E-state index in [-0.39, 0.29) is 36.8 Å². The first-order valence-corrected chi connectivity index (χ1v) is 7.65. The van der Waals surface area contributed by atoms with Gasteiger partial charge in [0, 0.05) is 32.2 Å². The smallest absolute Gasteiger partial charge is 0.239 e. The summed E-state index contributed by atoms with van der Waals surface area (Å²) < 4.78 is 5.33. The molecular weight excluding hydrogens is 313 g/mol. The van der Waals surface area contributed by atoms with Crippen LogP contribution in [-0.4, -0.2) is 62.3 Å². The number of piperidine rings is 1. The van der Waals surface area contributed by atoms with Crippen molar-refractivity contribution in [1.82, 2.24) is 15.5 Å². The number of amides is 1. The summed E-state index contributed by atoms with van der Waals surface area (Å²) in [6, 6.07) is 0.199. The van der Waals surface area contributed by atoms with Crippen molar-refractivity contribution < 1.29 is 9.53 Å². The van der Waals surface area contributed by atoms with Crippen LogP contribution in [0.1, 0.15) is 25.7 Å². The van der Waals surface area contributed by atoms with Crippen LogP contribution in [0.4, 0.5) is 0 Å². The second-order valence-electron chi connectivity index (χ2n) is 6.11. The van der Waals surface area contributed by atoms with Crippen LogP contribution in [0.3, 0.4) is 0 Å². The molecule has 3 rings (SSSR count). The van der Waals surface area contributed by atoms with Crippen LogP contribution in [0.25, 0.3) is 0 Å². The minimum absolute atomic E-state index is 0. The van der Waals surface area contributed by atoms with E-state index in [1.54, 1.807) is 0 Å². The van der Waals surface area contributed by atoms with Crippen molar-refractivity contribution in [2.45, 2.75) is 37.8 Å². The molecule has 3 fully saturated rings. The molecule has 7 heteroatoms. The Morgan fingerprint density at radius 2 is 1.90 bits per heavy atom. The average molecular weight is 340 g/mol. The maximum Gasteiger partial charge on any atom is 0.239 e. The number of nitrogens with zero attached hydrogens (tertiary/aromatic N) is 1. The van der Waals surface area contributed by atoms with E-state index in [0.29, 0.717) is 19.3 Å². The van der Waals surface area contributed by atoms with Gasteiger partial charge < -0.3 is 20.3 Å². The summed E-state index contributed by atoms with van der Waals surface area (Å²) in [5, 5.41) is 6.37. The molecule has 0 aromatic carbocycles. The fourth-order valence-corrected chi connectivity index (χ4v) is 2.96. The first kappa shape index (κ1) is 19.0. The van der Waals surface area contributed by atoms with Gasteiger partial charge in [0.1, 0.15) is 6.04 Å². The van der Waals surface area contributed by atoms with Gasteiger partial charge in [0.15, 0.2) is 0 Å². The van der Waals surface area contributed by atoms with Crippen LogP contribution >= 0.6 is 24.8 Å². The number of nitrogens with one attached hydrogen (secondary N) is 2. The van der Waals surface area contributed by atoms with Gasteiger partial charge in [0.25, 0.3) is 0 Å². The molecule has 21 heavy (non-hydrogen) atoms. The third-order valence-corrected chi connectivity index (χ3v) is 4.39. The molecule has 1 saturated carbocycles. The topological polar surface area (TPSA) is 53.6 Å². The maximum atomic E-state index is 12.1. The molecular formula is C14H27Cl2N3O2. The van der Waals surface area contributed by atoms with Crippen LogP contribution in [0.2, 0.25) is 0 Å². The fraction of sp³-hybridized carbons (Fsp3) is 0.929. The van der Waals surface area contributed by atoms with E-state index in [1.807, 2.05) is 0 Å². The predicted octanol–water partition coefficient (Wildman–Crippen LogP) is 0.809. The van der Waals surface area contributed by atoms with Gasteiger partial charge in [-0.15, -0.1) is 24.8 Å². The Morgan fingerprint density at radius 3 is 2.48 bits per heavy atom. The fourth-order valence-electron chi connectivity index (χ4n) is 2.96. The van der Waals surface area contributed by atoms with Gasteiger partial charge in [-0.1, -0.05) is 0 Å². The van der Waals surface area contributed by atoms with Gasteiger partial charge in [-0.2, -0.15) is 0 Å². The molecule has 1 aliphatic carbocycles. The second kappa shape index (κ2) is 9.16. The van der Waals surface area contributed by atoms with E-state index < -0.39 is 0 Å². The first-order valence-electron chi connectivity index (χ1n) is 7.65. The lowest BCUT2D eigenvalue weighted by atomic mass is 10.0. The molecule has 2 N–H and O–H groups in total. The third-order valence-electron chi connectivity index (χ3n) is 4.39. The third kappa shape index (κ3) is 5.91. The van der Waals surface area contributed by atoms with Crippen LogP contribution in [0.5, 0.6) is 0 Å². The van der Waals surface area contributed by atoms with Crippen molar-refractivity contribution in [3.63, 3.8) is 0 Å². The predicted molar refractivity (Wildman–Crippen MR) is 87.4 cm³/mol. The van der Waals surface area contributed by atoms with Gasteiger partial charge in [-0.25, -0.2) is 0 Å². The van der Waals surface area contributed by atoms with Gasteiger partial charge in [-0.05, 0) is 31.6 Å². The summed E-state index contributed by atoms with van der Waals surface area (Å²) in [5.74, 6) is 1.08. The highest BCUT2D eigenvalue weighted by Crippen LogP contribution is 2.30. The average Bonchev–Trinajstić information content (AvgIpc) is 3.26. The highest BCUT2D eigenvalue weighted by Gasteiger charge is 2.29. The SMILES string of the molecule is Cl.Cl.O=C(NC1CCN(CC2CC2)CC1)C1COCCN1. The summed E-state index contributed by atoms with van der Waals surface area (Å²) in [6.45, 7) is 5.54. The lowest BCUT2D eigenvalue weighted by Crippen LogP contribution is -2.55. The summed E-state index contributed by atoms with van der Waals surface area (Å²) in [4.78, 5) is 14.6. The van der Waals surface area contributed by atoms with E-state index >= 15 is 0 Å². The molecule has 2 heterocycles. The molecule has 1 amide bonds. The van der Waals surface area contributed by atoms with Crippen LogP contribution in [0.15, 0.2) is 0 Å². The molecule has 3 aliphatic rings. The molecule has 5 nitrogen and oxygen atoms in total. The Bertz CT molecular complexity index is 315. The molecule has 2 aliphatic heterocycles. The van der Waals surface area contributed by atoms with Crippen molar-refractivity contribution in [3.8, 4) is 0 Å². The van der Waals surface area contributed by atoms with E-state index in [0.717, 1.165) is 38.4 Å². The lowest BCUT2D eigenvalue weighted by molar-refractivity contribution is -0.126. The van der Waals surface area contributed by atoms with Crippen molar-refractivity contribution in [2.75, 3.05) is 39.4 Å². The minimum Gasteiger partial charge on any atom is -0.378 e. The van der Waals surface area contributed by atoms with E-state index in [4.69, 9.17) is 4.74 Å². The highest BCUT2D eigenvalue weighted by molar-refractivity contribution is 5.85. The normalized spacial score (nSPS) is 27.3. The van der Waals surface area contributed by atoms with E-state index in [9.17, 15) is 4.79 Å². The Hall–Kier alpha value is -0.0700. The van der Waals surface area contributed by atoms with Gasteiger partial charge >= 0.3 is 0 Å². The molecule has 0 spiro atoms. The van der Waals surface area contributed by atoms with Crippen molar-refractivity contribution in [1.29, 1.82) is 0 Å². The minimum atomic E-state index is -0.154. The van der Waals surface area contributed by atoms with Crippen LogP contribution < -0.4 is 10.6 Å².